The molecule has 0 bridgehead atoms. The van der Waals surface area contributed by atoms with Crippen molar-refractivity contribution in [3.63, 3.8) is 0 Å². The summed E-state index contributed by atoms with van der Waals surface area (Å²) in [5.41, 5.74) is 0.531. The Morgan fingerprint density at radius 1 is 1.43 bits per heavy atom. The van der Waals surface area contributed by atoms with E-state index in [9.17, 15) is 13.5 Å². The van der Waals surface area contributed by atoms with E-state index in [4.69, 9.17) is 10.00 Å². The second-order valence-electron chi connectivity index (χ2n) is 4.55. The SMILES string of the molecule is COCCN(CCC#N)S(=O)(=O)c1cccc(C(C)O)c1. The van der Waals surface area contributed by atoms with E-state index in [1.54, 1.807) is 19.1 Å². The Hall–Kier alpha value is -1.46. The van der Waals surface area contributed by atoms with Gasteiger partial charge < -0.3 is 9.84 Å². The summed E-state index contributed by atoms with van der Waals surface area (Å²) in [6, 6.07) is 8.13. The summed E-state index contributed by atoms with van der Waals surface area (Å²) in [6.07, 6.45) is -0.634. The minimum Gasteiger partial charge on any atom is -0.389 e. The summed E-state index contributed by atoms with van der Waals surface area (Å²) < 4.78 is 31.3. The van der Waals surface area contributed by atoms with Crippen molar-refractivity contribution >= 4 is 10.0 Å². The number of hydrogen-bond acceptors (Lipinski definition) is 5. The van der Waals surface area contributed by atoms with Crippen molar-refractivity contribution in [1.29, 1.82) is 5.26 Å². The summed E-state index contributed by atoms with van der Waals surface area (Å²) in [5, 5.41) is 18.2. The molecule has 1 atom stereocenters. The summed E-state index contributed by atoms with van der Waals surface area (Å²) in [6.45, 7) is 2.12. The molecule has 1 aromatic rings. The van der Waals surface area contributed by atoms with Crippen LogP contribution < -0.4 is 0 Å². The predicted molar refractivity (Wildman–Crippen MR) is 77.9 cm³/mol. The largest absolute Gasteiger partial charge is 0.389 e. The monoisotopic (exact) mass is 312 g/mol. The van der Waals surface area contributed by atoms with Crippen LogP contribution in [0.3, 0.4) is 0 Å². The van der Waals surface area contributed by atoms with Crippen LogP contribution in [0, 0.1) is 11.3 Å². The molecule has 1 N–H and O–H groups in total. The van der Waals surface area contributed by atoms with Crippen LogP contribution in [0.4, 0.5) is 0 Å². The van der Waals surface area contributed by atoms with Gasteiger partial charge in [-0.25, -0.2) is 8.42 Å². The highest BCUT2D eigenvalue weighted by Gasteiger charge is 2.24. The molecular formula is C14H20N2O4S. The van der Waals surface area contributed by atoms with Gasteiger partial charge in [0.15, 0.2) is 0 Å². The molecule has 1 aromatic carbocycles. The number of methoxy groups -OCH3 is 1. The zero-order valence-electron chi connectivity index (χ0n) is 12.2. The van der Waals surface area contributed by atoms with E-state index in [-0.39, 0.29) is 31.0 Å². The van der Waals surface area contributed by atoms with Crippen molar-refractivity contribution in [2.45, 2.75) is 24.3 Å². The molecule has 0 fully saturated rings. The molecule has 0 aliphatic rings. The van der Waals surface area contributed by atoms with Gasteiger partial charge >= 0.3 is 0 Å². The number of hydrogen-bond donors (Lipinski definition) is 1. The lowest BCUT2D eigenvalue weighted by Gasteiger charge is -2.21. The fourth-order valence-electron chi connectivity index (χ4n) is 1.80. The number of rotatable bonds is 8. The van der Waals surface area contributed by atoms with Crippen molar-refractivity contribution in [1.82, 2.24) is 4.31 Å². The molecule has 0 saturated heterocycles. The van der Waals surface area contributed by atoms with Crippen LogP contribution in [0.25, 0.3) is 0 Å². The third-order valence-corrected chi connectivity index (χ3v) is 4.89. The number of nitriles is 1. The first-order valence-electron chi connectivity index (χ1n) is 6.57. The Balaban J connectivity index is 3.09. The van der Waals surface area contributed by atoms with Gasteiger partial charge in [0.05, 0.1) is 23.7 Å². The average Bonchev–Trinajstić information content (AvgIpc) is 2.47. The molecule has 6 nitrogen and oxygen atoms in total. The standard InChI is InChI=1S/C14H20N2O4S/c1-12(17)13-5-3-6-14(11-13)21(18,19)16(8-4-7-15)9-10-20-2/h3,5-6,11-12,17H,4,8-10H2,1-2H3. The molecule has 0 saturated carbocycles. The van der Waals surface area contributed by atoms with E-state index in [0.29, 0.717) is 5.56 Å². The second kappa shape index (κ2) is 8.10. The average molecular weight is 312 g/mol. The zero-order chi connectivity index (χ0) is 15.9. The highest BCUT2D eigenvalue weighted by molar-refractivity contribution is 7.89. The van der Waals surface area contributed by atoms with E-state index in [1.807, 2.05) is 6.07 Å². The highest BCUT2D eigenvalue weighted by atomic mass is 32.2. The molecule has 0 aliphatic heterocycles. The van der Waals surface area contributed by atoms with Gasteiger partial charge in [-0.1, -0.05) is 12.1 Å². The van der Waals surface area contributed by atoms with E-state index in [0.717, 1.165) is 0 Å². The molecule has 116 valence electrons. The van der Waals surface area contributed by atoms with Crippen LogP contribution in [-0.2, 0) is 14.8 Å². The molecule has 1 rings (SSSR count). The van der Waals surface area contributed by atoms with Crippen molar-refractivity contribution in [2.75, 3.05) is 26.8 Å². The molecule has 0 amide bonds. The first-order valence-corrected chi connectivity index (χ1v) is 8.01. The maximum Gasteiger partial charge on any atom is 0.243 e. The predicted octanol–water partition coefficient (Wildman–Crippen LogP) is 1.29. The normalized spacial score (nSPS) is 13.1. The summed E-state index contributed by atoms with van der Waals surface area (Å²) in [7, 11) is -2.22. The lowest BCUT2D eigenvalue weighted by molar-refractivity contribution is 0.179. The van der Waals surface area contributed by atoms with Gasteiger partial charge in [-0.2, -0.15) is 9.57 Å². The molecule has 7 heteroatoms. The van der Waals surface area contributed by atoms with Crippen LogP contribution in [0.1, 0.15) is 25.0 Å². The van der Waals surface area contributed by atoms with Gasteiger partial charge in [0.2, 0.25) is 10.0 Å². The van der Waals surface area contributed by atoms with Crippen LogP contribution in [0.5, 0.6) is 0 Å². The van der Waals surface area contributed by atoms with Gasteiger partial charge in [0.1, 0.15) is 0 Å². The fraction of sp³-hybridized carbons (Fsp3) is 0.500. The Bertz CT molecular complexity index is 593. The van der Waals surface area contributed by atoms with Gasteiger partial charge in [0.25, 0.3) is 0 Å². The number of nitrogens with zero attached hydrogens (tertiary/aromatic N) is 2. The number of sulfonamides is 1. The number of aliphatic hydroxyl groups is 1. The van der Waals surface area contributed by atoms with Crippen LogP contribution in [0.2, 0.25) is 0 Å². The van der Waals surface area contributed by atoms with E-state index >= 15 is 0 Å². The third kappa shape index (κ3) is 4.79. The summed E-state index contributed by atoms with van der Waals surface area (Å²) in [5.74, 6) is 0. The van der Waals surface area contributed by atoms with Crippen molar-refractivity contribution in [2.24, 2.45) is 0 Å². The number of aliphatic hydroxyl groups excluding tert-OH is 1. The molecule has 21 heavy (non-hydrogen) atoms. The first kappa shape index (κ1) is 17.6. The first-order chi connectivity index (χ1) is 9.93. The van der Waals surface area contributed by atoms with Crippen LogP contribution >= 0.6 is 0 Å². The van der Waals surface area contributed by atoms with Gasteiger partial charge in [-0.3, -0.25) is 0 Å². The zero-order valence-corrected chi connectivity index (χ0v) is 13.0. The Labute approximate surface area is 125 Å². The second-order valence-corrected chi connectivity index (χ2v) is 6.49. The maximum atomic E-state index is 12.6. The van der Waals surface area contributed by atoms with Crippen molar-refractivity contribution in [3.05, 3.63) is 29.8 Å². The third-order valence-electron chi connectivity index (χ3n) is 3.00. The maximum absolute atomic E-state index is 12.6. The lowest BCUT2D eigenvalue weighted by Crippen LogP contribution is -2.34. The quantitative estimate of drug-likeness (QED) is 0.781. The van der Waals surface area contributed by atoms with Crippen molar-refractivity contribution in [3.8, 4) is 6.07 Å². The molecule has 0 spiro atoms. The molecule has 0 radical (unpaired) electrons. The molecule has 0 aromatic heterocycles. The molecule has 0 heterocycles. The summed E-state index contributed by atoms with van der Waals surface area (Å²) >= 11 is 0. The minimum atomic E-state index is -3.71. The molecule has 0 aliphatic carbocycles. The van der Waals surface area contributed by atoms with Crippen LogP contribution in [0.15, 0.2) is 29.2 Å². The van der Waals surface area contributed by atoms with Crippen molar-refractivity contribution < 1.29 is 18.3 Å². The van der Waals surface area contributed by atoms with Gasteiger partial charge in [0, 0.05) is 26.6 Å². The Kier molecular flexibility index (Phi) is 6.78. The van der Waals surface area contributed by atoms with Gasteiger partial charge in [-0.15, -0.1) is 0 Å². The summed E-state index contributed by atoms with van der Waals surface area (Å²) in [4.78, 5) is 0.106. The molecular weight excluding hydrogens is 292 g/mol. The smallest absolute Gasteiger partial charge is 0.243 e. The van der Waals surface area contributed by atoms with Crippen LogP contribution in [-0.4, -0.2) is 44.6 Å². The Morgan fingerprint density at radius 3 is 2.71 bits per heavy atom. The van der Waals surface area contributed by atoms with Gasteiger partial charge in [-0.05, 0) is 24.6 Å². The van der Waals surface area contributed by atoms with E-state index in [1.165, 1.54) is 23.5 Å². The number of ether oxygens (including phenoxy) is 1. The topological polar surface area (TPSA) is 90.6 Å². The molecule has 1 unspecified atom stereocenters. The fourth-order valence-corrected chi connectivity index (χ4v) is 3.28. The lowest BCUT2D eigenvalue weighted by atomic mass is 10.1. The Morgan fingerprint density at radius 2 is 2.14 bits per heavy atom. The van der Waals surface area contributed by atoms with E-state index < -0.39 is 16.1 Å². The minimum absolute atomic E-state index is 0.106. The highest BCUT2D eigenvalue weighted by Crippen LogP contribution is 2.20. The van der Waals surface area contributed by atoms with E-state index in [2.05, 4.69) is 0 Å². The number of benzene rings is 1.